The molecule has 0 fully saturated rings. The van der Waals surface area contributed by atoms with E-state index in [-0.39, 0.29) is 23.4 Å². The molecule has 0 bridgehead atoms. The summed E-state index contributed by atoms with van der Waals surface area (Å²) in [6, 6.07) is 13.8. The standard InChI is InChI=1S/C19H18N2O3S2/c1-12-3-8-15-16(9-12)26-19(21-15)13-4-6-14(7-5-13)20-17(22)10-25-11-18(23)24-2/h3-9H,10-11H2,1-2H3,(H,20,22). The number of aromatic nitrogens is 1. The number of carbonyl (C=O) groups is 2. The number of fused-ring (bicyclic) bond motifs is 1. The number of hydrogen-bond acceptors (Lipinski definition) is 6. The van der Waals surface area contributed by atoms with Gasteiger partial charge in [0.2, 0.25) is 5.91 Å². The molecule has 0 aliphatic carbocycles. The Balaban J connectivity index is 1.62. The average molecular weight is 386 g/mol. The van der Waals surface area contributed by atoms with Gasteiger partial charge in [-0.3, -0.25) is 9.59 Å². The van der Waals surface area contributed by atoms with E-state index >= 15 is 0 Å². The van der Waals surface area contributed by atoms with Gasteiger partial charge in [-0.2, -0.15) is 0 Å². The molecule has 3 rings (SSSR count). The molecule has 0 spiro atoms. The number of anilines is 1. The van der Waals surface area contributed by atoms with Crippen molar-refractivity contribution in [3.8, 4) is 10.6 Å². The van der Waals surface area contributed by atoms with Gasteiger partial charge in [0.1, 0.15) is 5.01 Å². The van der Waals surface area contributed by atoms with Crippen molar-refractivity contribution in [1.82, 2.24) is 4.98 Å². The molecule has 1 heterocycles. The van der Waals surface area contributed by atoms with Crippen molar-refractivity contribution in [2.75, 3.05) is 23.9 Å². The first-order chi connectivity index (χ1) is 12.5. The Morgan fingerprint density at radius 1 is 1.15 bits per heavy atom. The molecule has 26 heavy (non-hydrogen) atoms. The van der Waals surface area contributed by atoms with Crippen LogP contribution in [-0.4, -0.2) is 35.5 Å². The van der Waals surface area contributed by atoms with Crippen LogP contribution < -0.4 is 5.32 Å². The highest BCUT2D eigenvalue weighted by Gasteiger charge is 2.08. The Hall–Kier alpha value is -2.38. The summed E-state index contributed by atoms with van der Waals surface area (Å²) in [6.07, 6.45) is 0. The number of thioether (sulfide) groups is 1. The summed E-state index contributed by atoms with van der Waals surface area (Å²) in [6.45, 7) is 2.07. The fraction of sp³-hybridized carbons (Fsp3) is 0.211. The predicted molar refractivity (Wildman–Crippen MR) is 108 cm³/mol. The number of benzene rings is 2. The highest BCUT2D eigenvalue weighted by atomic mass is 32.2. The lowest BCUT2D eigenvalue weighted by atomic mass is 10.2. The fourth-order valence-electron chi connectivity index (χ4n) is 2.33. The molecule has 5 nitrogen and oxygen atoms in total. The second kappa shape index (κ2) is 8.33. The van der Waals surface area contributed by atoms with E-state index in [1.54, 1.807) is 11.3 Å². The van der Waals surface area contributed by atoms with Gasteiger partial charge in [0.15, 0.2) is 0 Å². The van der Waals surface area contributed by atoms with E-state index in [0.29, 0.717) is 0 Å². The number of carbonyl (C=O) groups excluding carboxylic acids is 2. The van der Waals surface area contributed by atoms with E-state index in [0.717, 1.165) is 21.8 Å². The number of thiazole rings is 1. The molecule has 1 N–H and O–H groups in total. The van der Waals surface area contributed by atoms with E-state index in [1.165, 1.54) is 29.1 Å². The number of methoxy groups -OCH3 is 1. The molecule has 7 heteroatoms. The van der Waals surface area contributed by atoms with E-state index in [1.807, 2.05) is 30.3 Å². The summed E-state index contributed by atoms with van der Waals surface area (Å²) in [5, 5.41) is 3.77. The first-order valence-corrected chi connectivity index (χ1v) is 9.94. The molecule has 0 aliphatic rings. The molecule has 0 atom stereocenters. The summed E-state index contributed by atoms with van der Waals surface area (Å²) in [4.78, 5) is 27.6. The van der Waals surface area contributed by atoms with E-state index < -0.39 is 0 Å². The van der Waals surface area contributed by atoms with Crippen LogP contribution in [0.4, 0.5) is 5.69 Å². The van der Waals surface area contributed by atoms with E-state index in [9.17, 15) is 9.59 Å². The minimum atomic E-state index is -0.335. The summed E-state index contributed by atoms with van der Waals surface area (Å²) < 4.78 is 5.70. The summed E-state index contributed by atoms with van der Waals surface area (Å²) >= 11 is 2.88. The van der Waals surface area contributed by atoms with Gasteiger partial charge in [-0.25, -0.2) is 4.98 Å². The van der Waals surface area contributed by atoms with Crippen LogP contribution in [0, 0.1) is 6.92 Å². The van der Waals surface area contributed by atoms with Gasteiger partial charge in [0, 0.05) is 11.3 Å². The molecule has 134 valence electrons. The van der Waals surface area contributed by atoms with Gasteiger partial charge in [-0.05, 0) is 48.9 Å². The zero-order valence-electron chi connectivity index (χ0n) is 14.4. The lowest BCUT2D eigenvalue weighted by molar-refractivity contribution is -0.137. The molecule has 0 aliphatic heterocycles. The minimum absolute atomic E-state index is 0.151. The summed E-state index contributed by atoms with van der Waals surface area (Å²) in [5.41, 5.74) is 3.95. The maximum absolute atomic E-state index is 11.9. The van der Waals surface area contributed by atoms with Gasteiger partial charge < -0.3 is 10.1 Å². The number of esters is 1. The Bertz CT molecular complexity index is 936. The monoisotopic (exact) mass is 386 g/mol. The molecule has 1 amide bonds. The van der Waals surface area contributed by atoms with E-state index in [4.69, 9.17) is 0 Å². The molecule has 2 aromatic carbocycles. The van der Waals surface area contributed by atoms with Gasteiger partial charge in [-0.1, -0.05) is 6.07 Å². The Morgan fingerprint density at radius 2 is 1.92 bits per heavy atom. The number of amides is 1. The first-order valence-electron chi connectivity index (χ1n) is 7.97. The number of ether oxygens (including phenoxy) is 1. The van der Waals surface area contributed by atoms with Crippen LogP contribution >= 0.6 is 23.1 Å². The third-order valence-electron chi connectivity index (χ3n) is 3.64. The third-order valence-corrected chi connectivity index (χ3v) is 5.61. The Labute approximate surface area is 159 Å². The quantitative estimate of drug-likeness (QED) is 0.646. The zero-order valence-corrected chi connectivity index (χ0v) is 16.1. The zero-order chi connectivity index (χ0) is 18.5. The number of aryl methyl sites for hydroxylation is 1. The van der Waals surface area contributed by atoms with Crippen molar-refractivity contribution in [3.63, 3.8) is 0 Å². The molecule has 0 saturated heterocycles. The lowest BCUT2D eigenvalue weighted by Gasteiger charge is -2.05. The molecule has 0 saturated carbocycles. The molecule has 0 unspecified atom stereocenters. The minimum Gasteiger partial charge on any atom is -0.468 e. The van der Waals surface area contributed by atoms with Gasteiger partial charge >= 0.3 is 5.97 Å². The van der Waals surface area contributed by atoms with Gasteiger partial charge in [-0.15, -0.1) is 23.1 Å². The molecule has 1 aromatic heterocycles. The first kappa shape index (κ1) is 18.4. The second-order valence-electron chi connectivity index (χ2n) is 5.68. The fourth-order valence-corrected chi connectivity index (χ4v) is 4.05. The molecule has 3 aromatic rings. The lowest BCUT2D eigenvalue weighted by Crippen LogP contribution is -2.15. The van der Waals surface area contributed by atoms with E-state index in [2.05, 4.69) is 34.1 Å². The Morgan fingerprint density at radius 3 is 2.65 bits per heavy atom. The topological polar surface area (TPSA) is 68.3 Å². The van der Waals surface area contributed by atoms with Crippen LogP contribution in [0.15, 0.2) is 42.5 Å². The van der Waals surface area contributed by atoms with Crippen LogP contribution in [0.25, 0.3) is 20.8 Å². The van der Waals surface area contributed by atoms with Crippen molar-refractivity contribution in [1.29, 1.82) is 0 Å². The normalized spacial score (nSPS) is 10.7. The van der Waals surface area contributed by atoms with Crippen LogP contribution in [-0.2, 0) is 14.3 Å². The predicted octanol–water partition coefficient (Wildman–Crippen LogP) is 4.12. The third kappa shape index (κ3) is 4.62. The highest BCUT2D eigenvalue weighted by molar-refractivity contribution is 8.00. The second-order valence-corrected chi connectivity index (χ2v) is 7.70. The van der Waals surface area contributed by atoms with Crippen molar-refractivity contribution in [2.24, 2.45) is 0 Å². The highest BCUT2D eigenvalue weighted by Crippen LogP contribution is 2.31. The summed E-state index contributed by atoms with van der Waals surface area (Å²) in [7, 11) is 1.33. The van der Waals surface area contributed by atoms with Crippen molar-refractivity contribution < 1.29 is 14.3 Å². The van der Waals surface area contributed by atoms with Gasteiger partial charge in [0.05, 0.1) is 28.8 Å². The largest absolute Gasteiger partial charge is 0.468 e. The molecular weight excluding hydrogens is 368 g/mol. The molecule has 0 radical (unpaired) electrons. The van der Waals surface area contributed by atoms with Crippen molar-refractivity contribution in [3.05, 3.63) is 48.0 Å². The van der Waals surface area contributed by atoms with Crippen LogP contribution in [0.2, 0.25) is 0 Å². The van der Waals surface area contributed by atoms with Crippen LogP contribution in [0.3, 0.4) is 0 Å². The number of nitrogens with zero attached hydrogens (tertiary/aromatic N) is 1. The number of nitrogens with one attached hydrogen (secondary N) is 1. The smallest absolute Gasteiger partial charge is 0.315 e. The average Bonchev–Trinajstić information content (AvgIpc) is 3.05. The van der Waals surface area contributed by atoms with Crippen LogP contribution in [0.1, 0.15) is 5.56 Å². The Kier molecular flexibility index (Phi) is 5.90. The van der Waals surface area contributed by atoms with Crippen molar-refractivity contribution in [2.45, 2.75) is 6.92 Å². The SMILES string of the molecule is COC(=O)CSCC(=O)Nc1ccc(-c2nc3ccc(C)cc3s2)cc1. The van der Waals surface area contributed by atoms with Gasteiger partial charge in [0.25, 0.3) is 0 Å². The number of hydrogen-bond donors (Lipinski definition) is 1. The van der Waals surface area contributed by atoms with Crippen molar-refractivity contribution >= 4 is 50.9 Å². The number of rotatable bonds is 6. The molecular formula is C19H18N2O3S2. The summed E-state index contributed by atoms with van der Waals surface area (Å²) in [5.74, 6) is -0.117. The maximum Gasteiger partial charge on any atom is 0.315 e. The van der Waals surface area contributed by atoms with Crippen LogP contribution in [0.5, 0.6) is 0 Å². The maximum atomic E-state index is 11.9.